The van der Waals surface area contributed by atoms with Gasteiger partial charge in [0, 0.05) is 19.3 Å². The molecule has 0 saturated carbocycles. The first-order chi connectivity index (χ1) is 16.2. The van der Waals surface area contributed by atoms with E-state index in [-0.39, 0.29) is 24.0 Å². The minimum atomic E-state index is -4.50. The zero-order chi connectivity index (χ0) is 24.5. The van der Waals surface area contributed by atoms with Crippen LogP contribution in [-0.2, 0) is 6.18 Å². The Morgan fingerprint density at radius 1 is 1.12 bits per heavy atom. The van der Waals surface area contributed by atoms with Crippen LogP contribution in [0.15, 0.2) is 42.9 Å². The number of alkyl halides is 3. The Morgan fingerprint density at radius 2 is 1.82 bits per heavy atom. The smallest absolute Gasteiger partial charge is 0.368 e. The Morgan fingerprint density at radius 3 is 2.47 bits per heavy atom. The highest BCUT2D eigenvalue weighted by Crippen LogP contribution is 2.30. The van der Waals surface area contributed by atoms with Gasteiger partial charge in [-0.2, -0.15) is 23.4 Å². The average molecular weight is 480 g/mol. The summed E-state index contributed by atoms with van der Waals surface area (Å²) in [5, 5.41) is 10.6. The summed E-state index contributed by atoms with van der Waals surface area (Å²) < 4.78 is 67.8. The Kier molecular flexibility index (Phi) is 6.49. The van der Waals surface area contributed by atoms with E-state index in [1.54, 1.807) is 0 Å². The summed E-state index contributed by atoms with van der Waals surface area (Å²) in [6.45, 7) is 2.39. The van der Waals surface area contributed by atoms with E-state index in [0.717, 1.165) is 35.6 Å². The molecule has 2 aromatic heterocycles. The topological polar surface area (TPSA) is 75.9 Å². The van der Waals surface area contributed by atoms with Crippen molar-refractivity contribution < 1.29 is 26.7 Å². The molecule has 2 atom stereocenters. The number of benzene rings is 1. The highest BCUT2D eigenvalue weighted by Gasteiger charge is 2.36. The number of anilines is 1. The number of amides is 1. The number of nitrogens with zero attached hydrogens (tertiary/aromatic N) is 5. The summed E-state index contributed by atoms with van der Waals surface area (Å²) in [6, 6.07) is 3.46. The Balaban J connectivity index is 1.60. The first-order valence-corrected chi connectivity index (χ1v) is 10.6. The van der Waals surface area contributed by atoms with Gasteiger partial charge in [0.05, 0.1) is 24.0 Å². The molecule has 1 saturated heterocycles. The molecular weight excluding hydrogens is 459 g/mol. The normalized spacial score (nSPS) is 18.7. The van der Waals surface area contributed by atoms with Gasteiger partial charge in [-0.25, -0.2) is 13.8 Å². The second-order valence-electron chi connectivity index (χ2n) is 8.07. The third-order valence-corrected chi connectivity index (χ3v) is 5.87. The molecule has 34 heavy (non-hydrogen) atoms. The molecule has 0 bridgehead atoms. The number of rotatable bonds is 5. The number of likely N-dealkylation sites (tertiary alicyclic amines) is 1. The van der Waals surface area contributed by atoms with Crippen LogP contribution in [0.2, 0.25) is 0 Å². The van der Waals surface area contributed by atoms with Crippen molar-refractivity contribution in [3.63, 3.8) is 0 Å². The average Bonchev–Trinajstić information content (AvgIpc) is 3.33. The van der Waals surface area contributed by atoms with E-state index >= 15 is 0 Å². The molecule has 7 nitrogen and oxygen atoms in total. The molecular formula is C22H21F5N6O. The predicted octanol–water partition coefficient (Wildman–Crippen LogP) is 4.31. The molecule has 1 fully saturated rings. The Labute approximate surface area is 191 Å². The van der Waals surface area contributed by atoms with Crippen LogP contribution in [0.3, 0.4) is 0 Å². The maximum absolute atomic E-state index is 14.8. The van der Waals surface area contributed by atoms with E-state index in [4.69, 9.17) is 0 Å². The van der Waals surface area contributed by atoms with E-state index in [9.17, 15) is 26.7 Å². The summed E-state index contributed by atoms with van der Waals surface area (Å²) in [7, 11) is 0. The molecule has 1 aliphatic rings. The molecule has 0 spiro atoms. The number of carbonyl (C=O) groups is 1. The number of pyridine rings is 1. The van der Waals surface area contributed by atoms with Crippen molar-refractivity contribution >= 4 is 11.7 Å². The predicted molar refractivity (Wildman–Crippen MR) is 112 cm³/mol. The van der Waals surface area contributed by atoms with Crippen LogP contribution >= 0.6 is 0 Å². The summed E-state index contributed by atoms with van der Waals surface area (Å²) in [5.74, 6) is -2.29. The fourth-order valence-electron chi connectivity index (χ4n) is 4.10. The van der Waals surface area contributed by atoms with Gasteiger partial charge in [-0.3, -0.25) is 4.79 Å². The third-order valence-electron chi connectivity index (χ3n) is 5.87. The van der Waals surface area contributed by atoms with Crippen LogP contribution in [-0.4, -0.2) is 49.9 Å². The molecule has 3 aromatic rings. The van der Waals surface area contributed by atoms with Crippen LogP contribution in [0.25, 0.3) is 5.69 Å². The van der Waals surface area contributed by atoms with Crippen LogP contribution in [0.4, 0.5) is 27.8 Å². The lowest BCUT2D eigenvalue weighted by Gasteiger charge is -2.40. The molecule has 0 radical (unpaired) electrons. The van der Waals surface area contributed by atoms with Gasteiger partial charge in [0.2, 0.25) is 0 Å². The molecule has 1 aliphatic heterocycles. The van der Waals surface area contributed by atoms with Crippen molar-refractivity contribution in [2.24, 2.45) is 5.92 Å². The van der Waals surface area contributed by atoms with E-state index < -0.39 is 40.9 Å². The molecule has 1 N–H and O–H groups in total. The molecule has 1 aromatic carbocycles. The van der Waals surface area contributed by atoms with E-state index in [1.807, 2.05) is 6.92 Å². The molecule has 12 heteroatoms. The van der Waals surface area contributed by atoms with Gasteiger partial charge in [0.1, 0.15) is 22.9 Å². The largest absolute Gasteiger partial charge is 0.417 e. The van der Waals surface area contributed by atoms with Gasteiger partial charge in [-0.05, 0) is 43.0 Å². The maximum Gasteiger partial charge on any atom is 0.417 e. The summed E-state index contributed by atoms with van der Waals surface area (Å²) in [4.78, 5) is 19.6. The number of hydrogen-bond acceptors (Lipinski definition) is 5. The Hall–Kier alpha value is -3.57. The number of nitrogens with one attached hydrogen (secondary N) is 1. The monoisotopic (exact) mass is 480 g/mol. The quantitative estimate of drug-likeness (QED) is 0.551. The molecule has 3 heterocycles. The third kappa shape index (κ3) is 4.70. The van der Waals surface area contributed by atoms with Crippen molar-refractivity contribution in [2.45, 2.75) is 32.0 Å². The minimum absolute atomic E-state index is 0.0115. The minimum Gasteiger partial charge on any atom is -0.368 e. The van der Waals surface area contributed by atoms with E-state index in [0.29, 0.717) is 13.0 Å². The Bertz CT molecular complexity index is 1150. The van der Waals surface area contributed by atoms with Crippen LogP contribution in [0, 0.1) is 17.6 Å². The van der Waals surface area contributed by atoms with Crippen LogP contribution in [0.5, 0.6) is 0 Å². The van der Waals surface area contributed by atoms with Gasteiger partial charge in [-0.15, -0.1) is 4.80 Å². The second-order valence-corrected chi connectivity index (χ2v) is 8.07. The maximum atomic E-state index is 14.8. The zero-order valence-electron chi connectivity index (χ0n) is 18.1. The summed E-state index contributed by atoms with van der Waals surface area (Å²) in [5.41, 5.74) is -1.74. The number of carbonyl (C=O) groups excluding carboxylic acids is 1. The molecule has 180 valence electrons. The highest BCUT2D eigenvalue weighted by atomic mass is 19.4. The molecule has 0 aliphatic carbocycles. The van der Waals surface area contributed by atoms with Gasteiger partial charge in [0.15, 0.2) is 5.82 Å². The molecule has 4 rings (SSSR count). The summed E-state index contributed by atoms with van der Waals surface area (Å²) >= 11 is 0. The first kappa shape index (κ1) is 23.6. The van der Waals surface area contributed by atoms with Gasteiger partial charge >= 0.3 is 6.18 Å². The standard InChI is InChI=1S/C22H21F5N6O/c1-13-3-2-10-32(17(13)12-29-18-7-4-14(11-28-18)22(25,26)27)21(34)19-15(23)5-6-16(24)20(19)33-30-8-9-31-33/h4-9,11,13,17H,2-3,10,12H2,1H3,(H,28,29). The second kappa shape index (κ2) is 9.35. The van der Waals surface area contributed by atoms with Gasteiger partial charge < -0.3 is 10.2 Å². The van der Waals surface area contributed by atoms with Gasteiger partial charge in [-0.1, -0.05) is 6.92 Å². The molecule has 2 unspecified atom stereocenters. The van der Waals surface area contributed by atoms with Crippen molar-refractivity contribution in [1.29, 1.82) is 0 Å². The lowest BCUT2D eigenvalue weighted by atomic mass is 9.90. The van der Waals surface area contributed by atoms with E-state index in [1.165, 1.54) is 23.4 Å². The highest BCUT2D eigenvalue weighted by molar-refractivity contribution is 5.98. The van der Waals surface area contributed by atoms with Gasteiger partial charge in [0.25, 0.3) is 5.91 Å². The first-order valence-electron chi connectivity index (χ1n) is 10.6. The van der Waals surface area contributed by atoms with Crippen LogP contribution < -0.4 is 5.32 Å². The molecule has 1 amide bonds. The number of halogens is 5. The number of piperidine rings is 1. The fraction of sp³-hybridized carbons (Fsp3) is 0.364. The van der Waals surface area contributed by atoms with Crippen molar-refractivity contribution in [3.05, 3.63) is 65.6 Å². The summed E-state index contributed by atoms with van der Waals surface area (Å²) in [6.07, 6.45) is 0.241. The van der Waals surface area contributed by atoms with Crippen molar-refractivity contribution in [1.82, 2.24) is 24.9 Å². The lowest BCUT2D eigenvalue weighted by molar-refractivity contribution is -0.137. The SMILES string of the molecule is CC1CCCN(C(=O)c2c(F)ccc(F)c2-n2nccn2)C1CNc1ccc(C(F)(F)F)cn1. The lowest BCUT2D eigenvalue weighted by Crippen LogP contribution is -2.51. The van der Waals surface area contributed by atoms with Crippen molar-refractivity contribution in [3.8, 4) is 5.69 Å². The number of hydrogen-bond donors (Lipinski definition) is 1. The fourth-order valence-corrected chi connectivity index (χ4v) is 4.10. The van der Waals surface area contributed by atoms with Crippen molar-refractivity contribution in [2.75, 3.05) is 18.4 Å². The van der Waals surface area contributed by atoms with E-state index in [2.05, 4.69) is 20.5 Å². The number of aromatic nitrogens is 4. The van der Waals surface area contributed by atoms with Crippen LogP contribution in [0.1, 0.15) is 35.7 Å². The zero-order valence-corrected chi connectivity index (χ0v) is 18.1.